The van der Waals surface area contributed by atoms with Gasteiger partial charge in [-0.05, 0) is 48.9 Å². The zero-order chi connectivity index (χ0) is 27.4. The van der Waals surface area contributed by atoms with Crippen LogP contribution < -0.4 is 19.1 Å². The number of nitrogens with zero attached hydrogens (tertiary/aromatic N) is 2. The summed E-state index contributed by atoms with van der Waals surface area (Å²) in [4.78, 5) is 23.1. The first-order valence-electron chi connectivity index (χ1n) is 10.6. The molecule has 3 aromatic carbocycles. The van der Waals surface area contributed by atoms with Crippen molar-refractivity contribution in [3.05, 3.63) is 82.4 Å². The molecule has 37 heavy (non-hydrogen) atoms. The van der Waals surface area contributed by atoms with Gasteiger partial charge in [0.15, 0.2) is 0 Å². The summed E-state index contributed by atoms with van der Waals surface area (Å²) in [6, 6.07) is 15.5. The molecule has 0 bridgehead atoms. The van der Waals surface area contributed by atoms with Gasteiger partial charge in [0, 0.05) is 17.8 Å². The number of carbonyl (C=O) groups excluding carboxylic acids is 1. The normalized spacial score (nSPS) is 11.4. The van der Waals surface area contributed by atoms with Crippen LogP contribution in [0, 0.1) is 17.0 Å². The van der Waals surface area contributed by atoms with Gasteiger partial charge in [-0.2, -0.15) is 0 Å². The molecule has 14 heteroatoms. The van der Waals surface area contributed by atoms with Crippen molar-refractivity contribution in [2.45, 2.75) is 11.8 Å². The summed E-state index contributed by atoms with van der Waals surface area (Å²) >= 11 is 0. The van der Waals surface area contributed by atoms with Gasteiger partial charge in [-0.25, -0.2) is 16.8 Å². The van der Waals surface area contributed by atoms with Gasteiger partial charge >= 0.3 is 0 Å². The Hall–Kier alpha value is -4.17. The third kappa shape index (κ3) is 6.74. The maximum atomic E-state index is 12.7. The summed E-state index contributed by atoms with van der Waals surface area (Å²) in [5, 5.41) is 13.7. The molecule has 0 spiro atoms. The third-order valence-electron chi connectivity index (χ3n) is 5.17. The Balaban J connectivity index is 1.79. The average Bonchev–Trinajstić information content (AvgIpc) is 2.83. The van der Waals surface area contributed by atoms with Gasteiger partial charge in [-0.15, -0.1) is 0 Å². The van der Waals surface area contributed by atoms with E-state index < -0.39 is 37.4 Å². The summed E-state index contributed by atoms with van der Waals surface area (Å²) in [7, 11) is -6.69. The van der Waals surface area contributed by atoms with Crippen LogP contribution in [0.4, 0.5) is 22.7 Å². The molecule has 0 aliphatic carbocycles. The summed E-state index contributed by atoms with van der Waals surface area (Å²) in [5.41, 5.74) is 0.807. The molecule has 1 amide bonds. The van der Waals surface area contributed by atoms with Crippen molar-refractivity contribution in [2.75, 3.05) is 34.3 Å². The number of hydrogen-bond acceptors (Lipinski definition) is 8. The zero-order valence-corrected chi connectivity index (χ0v) is 21.7. The van der Waals surface area contributed by atoms with Crippen molar-refractivity contribution in [3.63, 3.8) is 0 Å². The molecule has 0 fully saturated rings. The number of ether oxygens (including phenoxy) is 1. The Bertz CT molecular complexity index is 1540. The van der Waals surface area contributed by atoms with E-state index in [0.29, 0.717) is 9.99 Å². The lowest BCUT2D eigenvalue weighted by Crippen LogP contribution is -2.37. The molecule has 0 aliphatic rings. The van der Waals surface area contributed by atoms with Gasteiger partial charge in [0.1, 0.15) is 18.0 Å². The molecule has 0 aromatic heterocycles. The van der Waals surface area contributed by atoms with E-state index in [0.717, 1.165) is 24.0 Å². The lowest BCUT2D eigenvalue weighted by Gasteiger charge is -2.23. The maximum absolute atomic E-state index is 12.7. The van der Waals surface area contributed by atoms with Gasteiger partial charge in [-0.3, -0.25) is 23.9 Å². The molecular formula is C23H24N4O8S2. The topological polar surface area (TPSA) is 165 Å². The Morgan fingerprint density at radius 2 is 1.68 bits per heavy atom. The van der Waals surface area contributed by atoms with Crippen LogP contribution in [0.15, 0.2) is 71.6 Å². The number of nitro benzene ring substituents is 1. The third-order valence-corrected chi connectivity index (χ3v) is 7.68. The largest absolute Gasteiger partial charge is 0.495 e. The van der Waals surface area contributed by atoms with Crippen LogP contribution in [-0.2, 0) is 24.8 Å². The molecule has 0 radical (unpaired) electrons. The average molecular weight is 549 g/mol. The van der Waals surface area contributed by atoms with Crippen LogP contribution >= 0.6 is 0 Å². The number of para-hydroxylation sites is 1. The molecular weight excluding hydrogens is 524 g/mol. The SMILES string of the molecule is COc1ccc([N+](=O)[O-])cc1N(CC(=O)Nc1ccc(S(=O)(=O)Nc2ccccc2C)cc1)S(C)(=O)=O. The summed E-state index contributed by atoms with van der Waals surface area (Å²) in [5.74, 6) is -0.757. The van der Waals surface area contributed by atoms with Crippen molar-refractivity contribution >= 4 is 48.7 Å². The van der Waals surface area contributed by atoms with Gasteiger partial charge < -0.3 is 10.1 Å². The number of non-ortho nitro benzene ring substituents is 1. The minimum absolute atomic E-state index is 0.0135. The van der Waals surface area contributed by atoms with Gasteiger partial charge in [0.05, 0.1) is 28.9 Å². The van der Waals surface area contributed by atoms with E-state index in [2.05, 4.69) is 10.0 Å². The number of nitrogens with one attached hydrogen (secondary N) is 2. The molecule has 196 valence electrons. The molecule has 3 aromatic rings. The lowest BCUT2D eigenvalue weighted by molar-refractivity contribution is -0.384. The molecule has 2 N–H and O–H groups in total. The first-order valence-corrected chi connectivity index (χ1v) is 13.9. The summed E-state index contributed by atoms with van der Waals surface area (Å²) < 4.78 is 58.6. The second kappa shape index (κ2) is 10.8. The van der Waals surface area contributed by atoms with E-state index in [-0.39, 0.29) is 27.7 Å². The first-order chi connectivity index (χ1) is 17.3. The van der Waals surface area contributed by atoms with Crippen LogP contribution in [0.1, 0.15) is 5.56 Å². The fourth-order valence-electron chi connectivity index (χ4n) is 3.31. The number of anilines is 3. The van der Waals surface area contributed by atoms with Crippen LogP contribution in [0.3, 0.4) is 0 Å². The van der Waals surface area contributed by atoms with Crippen LogP contribution in [0.25, 0.3) is 0 Å². The minimum atomic E-state index is -4.06. The number of sulfonamides is 2. The number of amides is 1. The second-order valence-electron chi connectivity index (χ2n) is 7.88. The standard InChI is InChI=1S/C23H24N4O8S2/c1-16-6-4-5-7-20(16)25-37(33,34)19-11-8-17(9-12-19)24-23(28)15-26(36(3,31)32)21-14-18(27(29)30)10-13-22(21)35-2/h4-14,25H,15H2,1-3H3,(H,24,28). The van der Waals surface area contributed by atoms with E-state index in [1.807, 2.05) is 0 Å². The van der Waals surface area contributed by atoms with E-state index >= 15 is 0 Å². The van der Waals surface area contributed by atoms with Crippen molar-refractivity contribution < 1.29 is 31.3 Å². The number of nitro groups is 1. The molecule has 12 nitrogen and oxygen atoms in total. The zero-order valence-electron chi connectivity index (χ0n) is 20.0. The highest BCUT2D eigenvalue weighted by Crippen LogP contribution is 2.33. The number of methoxy groups -OCH3 is 1. The van der Waals surface area contributed by atoms with E-state index in [1.54, 1.807) is 31.2 Å². The highest BCUT2D eigenvalue weighted by molar-refractivity contribution is 7.92. The van der Waals surface area contributed by atoms with E-state index in [1.165, 1.54) is 37.4 Å². The van der Waals surface area contributed by atoms with E-state index in [9.17, 15) is 31.7 Å². The number of carbonyl (C=O) groups is 1. The van der Waals surface area contributed by atoms with Gasteiger partial charge in [0.25, 0.3) is 15.7 Å². The molecule has 3 rings (SSSR count). The Morgan fingerprint density at radius 3 is 2.24 bits per heavy atom. The molecule has 0 atom stereocenters. The van der Waals surface area contributed by atoms with E-state index in [4.69, 9.17) is 4.74 Å². The van der Waals surface area contributed by atoms with Crippen molar-refractivity contribution in [2.24, 2.45) is 0 Å². The van der Waals surface area contributed by atoms with Crippen LogP contribution in [0.2, 0.25) is 0 Å². The fourth-order valence-corrected chi connectivity index (χ4v) is 5.29. The fraction of sp³-hybridized carbons (Fsp3) is 0.174. The Morgan fingerprint density at radius 1 is 1.03 bits per heavy atom. The predicted molar refractivity (Wildman–Crippen MR) is 139 cm³/mol. The minimum Gasteiger partial charge on any atom is -0.495 e. The summed E-state index contributed by atoms with van der Waals surface area (Å²) in [6.45, 7) is 1.05. The molecule has 0 unspecified atom stereocenters. The lowest BCUT2D eigenvalue weighted by atomic mass is 10.2. The predicted octanol–water partition coefficient (Wildman–Crippen LogP) is 3.12. The number of hydrogen-bond donors (Lipinski definition) is 2. The molecule has 0 aliphatic heterocycles. The summed E-state index contributed by atoms with van der Waals surface area (Å²) in [6.07, 6.45) is 0.847. The number of aryl methyl sites for hydroxylation is 1. The smallest absolute Gasteiger partial charge is 0.271 e. The Kier molecular flexibility index (Phi) is 8.03. The quantitative estimate of drug-likeness (QED) is 0.288. The number of rotatable bonds is 10. The van der Waals surface area contributed by atoms with Crippen LogP contribution in [0.5, 0.6) is 5.75 Å². The van der Waals surface area contributed by atoms with Gasteiger partial charge in [-0.1, -0.05) is 18.2 Å². The monoisotopic (exact) mass is 548 g/mol. The molecule has 0 saturated heterocycles. The van der Waals surface area contributed by atoms with Gasteiger partial charge in [0.2, 0.25) is 15.9 Å². The van der Waals surface area contributed by atoms with Crippen molar-refractivity contribution in [1.29, 1.82) is 0 Å². The van der Waals surface area contributed by atoms with Crippen LogP contribution in [-0.4, -0.2) is 47.6 Å². The van der Waals surface area contributed by atoms with Crippen molar-refractivity contribution in [1.82, 2.24) is 0 Å². The maximum Gasteiger partial charge on any atom is 0.271 e. The second-order valence-corrected chi connectivity index (χ2v) is 11.5. The number of benzene rings is 3. The first kappa shape index (κ1) is 27.4. The Labute approximate surface area is 214 Å². The highest BCUT2D eigenvalue weighted by atomic mass is 32.2. The highest BCUT2D eigenvalue weighted by Gasteiger charge is 2.26. The van der Waals surface area contributed by atoms with Crippen molar-refractivity contribution in [3.8, 4) is 5.75 Å². The molecule has 0 heterocycles. The molecule has 0 saturated carbocycles.